The van der Waals surface area contributed by atoms with Crippen LogP contribution in [0, 0.1) is 0 Å². The van der Waals surface area contributed by atoms with Crippen molar-refractivity contribution in [3.8, 4) is 0 Å². The highest BCUT2D eigenvalue weighted by Gasteiger charge is 1.92. The van der Waals surface area contributed by atoms with Gasteiger partial charge in [0.05, 0.1) is 0 Å². The molecule has 150 valence electrons. The Balaban J connectivity index is 0. The van der Waals surface area contributed by atoms with Crippen LogP contribution in [-0.2, 0) is 4.79 Å². The smallest absolute Gasteiger partial charge is 0.300 e. The zero-order valence-electron chi connectivity index (χ0n) is 17.6. The summed E-state index contributed by atoms with van der Waals surface area (Å²) >= 11 is 0. The molecule has 0 bridgehead atoms. The number of allylic oxidation sites excluding steroid dienone is 2. The summed E-state index contributed by atoms with van der Waals surface area (Å²) in [5.41, 5.74) is 0. The first-order valence-corrected chi connectivity index (χ1v) is 10.5. The molecule has 0 spiro atoms. The van der Waals surface area contributed by atoms with Gasteiger partial charge in [0.25, 0.3) is 5.97 Å². The van der Waals surface area contributed by atoms with E-state index in [2.05, 4.69) is 38.1 Å². The Bertz CT molecular complexity index is 284. The Morgan fingerprint density at radius 2 is 1.12 bits per heavy atom. The third-order valence-electron chi connectivity index (χ3n) is 4.12. The van der Waals surface area contributed by atoms with Gasteiger partial charge in [0.15, 0.2) is 0 Å². The Labute approximate surface area is 157 Å². The Hall–Kier alpha value is -0.830. The Morgan fingerprint density at radius 3 is 1.52 bits per heavy atom. The van der Waals surface area contributed by atoms with E-state index in [9.17, 15) is 0 Å². The van der Waals surface area contributed by atoms with Crippen LogP contribution in [0.25, 0.3) is 0 Å². The molecular weight excluding hydrogens is 310 g/mol. The van der Waals surface area contributed by atoms with Gasteiger partial charge < -0.3 is 10.0 Å². The maximum Gasteiger partial charge on any atom is 0.300 e. The van der Waals surface area contributed by atoms with Crippen LogP contribution in [0.3, 0.4) is 0 Å². The second-order valence-electron chi connectivity index (χ2n) is 7.26. The van der Waals surface area contributed by atoms with Gasteiger partial charge >= 0.3 is 0 Å². The van der Waals surface area contributed by atoms with E-state index in [1.165, 1.54) is 96.4 Å². The normalized spacial score (nSPS) is 10.9. The van der Waals surface area contributed by atoms with Crippen molar-refractivity contribution in [3.05, 3.63) is 12.2 Å². The molecule has 0 saturated heterocycles. The number of aliphatic carboxylic acids is 1. The third kappa shape index (κ3) is 35.2. The average molecular weight is 356 g/mol. The molecule has 0 unspecified atom stereocenters. The van der Waals surface area contributed by atoms with Gasteiger partial charge in [-0.15, -0.1) is 0 Å². The van der Waals surface area contributed by atoms with Crippen molar-refractivity contribution in [1.82, 2.24) is 4.90 Å². The molecule has 0 radical (unpaired) electrons. The first-order valence-electron chi connectivity index (χ1n) is 10.5. The minimum absolute atomic E-state index is 0.833. The van der Waals surface area contributed by atoms with Crippen molar-refractivity contribution in [2.45, 2.75) is 104 Å². The van der Waals surface area contributed by atoms with E-state index in [0.717, 1.165) is 6.92 Å². The summed E-state index contributed by atoms with van der Waals surface area (Å²) in [6.45, 7) is 4.62. The second-order valence-corrected chi connectivity index (χ2v) is 7.26. The quantitative estimate of drug-likeness (QED) is 0.248. The first-order chi connectivity index (χ1) is 12.0. The molecule has 0 atom stereocenters. The fourth-order valence-electron chi connectivity index (χ4n) is 2.68. The van der Waals surface area contributed by atoms with Crippen LogP contribution in [0.5, 0.6) is 0 Å². The van der Waals surface area contributed by atoms with E-state index in [1.807, 2.05) is 0 Å². The summed E-state index contributed by atoms with van der Waals surface area (Å²) in [7, 11) is 4.33. The van der Waals surface area contributed by atoms with Gasteiger partial charge in [-0.1, -0.05) is 76.9 Å². The SMILES string of the molecule is CC(=O)O.CCCCCCCC/C=C\CCCCCCCCN(C)C. The van der Waals surface area contributed by atoms with Crippen molar-refractivity contribution < 1.29 is 9.90 Å². The monoisotopic (exact) mass is 355 g/mol. The molecule has 0 saturated carbocycles. The average Bonchev–Trinajstić information content (AvgIpc) is 2.53. The lowest BCUT2D eigenvalue weighted by atomic mass is 10.1. The third-order valence-corrected chi connectivity index (χ3v) is 4.12. The summed E-state index contributed by atoms with van der Waals surface area (Å²) in [6, 6.07) is 0. The lowest BCUT2D eigenvalue weighted by Crippen LogP contribution is -2.12. The molecule has 3 nitrogen and oxygen atoms in total. The van der Waals surface area contributed by atoms with Crippen molar-refractivity contribution in [2.24, 2.45) is 0 Å². The van der Waals surface area contributed by atoms with Gasteiger partial charge in [-0.05, 0) is 52.7 Å². The first kappa shape index (κ1) is 26.4. The van der Waals surface area contributed by atoms with Crippen molar-refractivity contribution in [3.63, 3.8) is 0 Å². The predicted molar refractivity (Wildman–Crippen MR) is 111 cm³/mol. The molecule has 0 aromatic heterocycles. The number of nitrogens with zero attached hydrogens (tertiary/aromatic N) is 1. The van der Waals surface area contributed by atoms with Crippen LogP contribution in [0.1, 0.15) is 104 Å². The summed E-state index contributed by atoms with van der Waals surface area (Å²) in [5.74, 6) is -0.833. The fraction of sp³-hybridized carbons (Fsp3) is 0.864. The number of hydrogen-bond donors (Lipinski definition) is 1. The van der Waals surface area contributed by atoms with Crippen molar-refractivity contribution in [1.29, 1.82) is 0 Å². The number of carboxylic acid groups (broad SMARTS) is 1. The zero-order valence-corrected chi connectivity index (χ0v) is 17.6. The fourth-order valence-corrected chi connectivity index (χ4v) is 2.68. The molecule has 0 rings (SSSR count). The lowest BCUT2D eigenvalue weighted by molar-refractivity contribution is -0.134. The predicted octanol–water partition coefficient (Wildman–Crippen LogP) is 6.68. The maximum atomic E-state index is 9.00. The van der Waals surface area contributed by atoms with E-state index in [-0.39, 0.29) is 0 Å². The molecule has 0 heterocycles. The Morgan fingerprint density at radius 1 is 0.760 bits per heavy atom. The van der Waals surface area contributed by atoms with E-state index in [1.54, 1.807) is 0 Å². The molecule has 3 heteroatoms. The topological polar surface area (TPSA) is 40.5 Å². The van der Waals surface area contributed by atoms with E-state index < -0.39 is 5.97 Å². The van der Waals surface area contributed by atoms with E-state index in [4.69, 9.17) is 9.90 Å². The van der Waals surface area contributed by atoms with Gasteiger partial charge in [-0.2, -0.15) is 0 Å². The molecule has 0 fully saturated rings. The maximum absolute atomic E-state index is 9.00. The standard InChI is InChI=1S/C20H41N.C2H4O2/c1-4-5-6-7-8-9-10-11-12-13-14-15-16-17-18-19-20-21(2)3;1-2(3)4/h11-12H,4-10,13-20H2,1-3H3;1H3,(H,3,4)/b12-11-;. The minimum atomic E-state index is -0.833. The molecule has 1 N–H and O–H groups in total. The van der Waals surface area contributed by atoms with Crippen LogP contribution in [-0.4, -0.2) is 36.6 Å². The van der Waals surface area contributed by atoms with Crippen LogP contribution in [0.15, 0.2) is 12.2 Å². The molecule has 0 amide bonds. The van der Waals surface area contributed by atoms with Gasteiger partial charge in [0, 0.05) is 6.92 Å². The molecule has 0 aromatic carbocycles. The lowest BCUT2D eigenvalue weighted by Gasteiger charge is -2.08. The molecule has 0 aromatic rings. The van der Waals surface area contributed by atoms with Gasteiger partial charge in [0.1, 0.15) is 0 Å². The van der Waals surface area contributed by atoms with Gasteiger partial charge in [-0.3, -0.25) is 4.79 Å². The summed E-state index contributed by atoms with van der Waals surface area (Å²) in [6.07, 6.45) is 24.3. The zero-order chi connectivity index (χ0) is 19.2. The van der Waals surface area contributed by atoms with Crippen molar-refractivity contribution >= 4 is 5.97 Å². The summed E-state index contributed by atoms with van der Waals surface area (Å²) < 4.78 is 0. The highest BCUT2D eigenvalue weighted by atomic mass is 16.4. The number of unbranched alkanes of at least 4 members (excludes halogenated alkanes) is 12. The molecule has 0 aliphatic heterocycles. The molecule has 0 aliphatic carbocycles. The number of carbonyl (C=O) groups is 1. The summed E-state index contributed by atoms with van der Waals surface area (Å²) in [4.78, 5) is 11.3. The van der Waals surface area contributed by atoms with E-state index in [0.29, 0.717) is 0 Å². The van der Waals surface area contributed by atoms with Crippen LogP contribution < -0.4 is 0 Å². The highest BCUT2D eigenvalue weighted by molar-refractivity contribution is 5.62. The highest BCUT2D eigenvalue weighted by Crippen LogP contribution is 2.09. The van der Waals surface area contributed by atoms with Crippen LogP contribution >= 0.6 is 0 Å². The molecular formula is C22H45NO2. The summed E-state index contributed by atoms with van der Waals surface area (Å²) in [5, 5.41) is 7.42. The minimum Gasteiger partial charge on any atom is -0.481 e. The number of rotatable bonds is 16. The van der Waals surface area contributed by atoms with Gasteiger partial charge in [0.2, 0.25) is 0 Å². The van der Waals surface area contributed by atoms with E-state index >= 15 is 0 Å². The number of hydrogen-bond acceptors (Lipinski definition) is 2. The molecule has 25 heavy (non-hydrogen) atoms. The Kier molecular flexibility index (Phi) is 24.5. The van der Waals surface area contributed by atoms with Crippen molar-refractivity contribution in [2.75, 3.05) is 20.6 Å². The molecule has 0 aliphatic rings. The second kappa shape index (κ2) is 23.2. The largest absolute Gasteiger partial charge is 0.481 e. The van der Waals surface area contributed by atoms with Crippen LogP contribution in [0.2, 0.25) is 0 Å². The number of carboxylic acids is 1. The van der Waals surface area contributed by atoms with Crippen LogP contribution in [0.4, 0.5) is 0 Å². The van der Waals surface area contributed by atoms with Gasteiger partial charge in [-0.25, -0.2) is 0 Å².